The van der Waals surface area contributed by atoms with Gasteiger partial charge >= 0.3 is 0 Å². The van der Waals surface area contributed by atoms with Crippen molar-refractivity contribution in [2.45, 2.75) is 0 Å². The minimum Gasteiger partial charge on any atom is -0.259 e. The van der Waals surface area contributed by atoms with Crippen molar-refractivity contribution in [2.75, 3.05) is 0 Å². The summed E-state index contributed by atoms with van der Waals surface area (Å²) in [5, 5.41) is 9.06. The zero-order valence-corrected chi connectivity index (χ0v) is 4.01. The molecule has 0 aliphatic carbocycles. The Morgan fingerprint density at radius 2 is 2.00 bits per heavy atom. The molecule has 0 aromatic carbocycles. The third kappa shape index (κ3) is 9.40. The molecule has 0 bridgehead atoms. The SMILES string of the molecule is C=C[N+](=O)[O-].[Fe]. The first-order chi connectivity index (χ1) is 2.27. The van der Waals surface area contributed by atoms with E-state index < -0.39 is 4.92 Å². The van der Waals surface area contributed by atoms with Crippen LogP contribution >= 0.6 is 0 Å². The number of nitrogens with zero attached hydrogens (tertiary/aromatic N) is 1. The molecule has 0 radical (unpaired) electrons. The molecule has 0 unspecified atom stereocenters. The van der Waals surface area contributed by atoms with Crippen molar-refractivity contribution in [3.05, 3.63) is 22.9 Å². The maximum atomic E-state index is 9.06. The predicted octanol–water partition coefficient (Wildman–Crippen LogP) is 0.404. The summed E-state index contributed by atoms with van der Waals surface area (Å²) in [7, 11) is 0. The van der Waals surface area contributed by atoms with E-state index >= 15 is 0 Å². The number of rotatable bonds is 1. The van der Waals surface area contributed by atoms with E-state index in [0.717, 1.165) is 0 Å². The van der Waals surface area contributed by atoms with Crippen molar-refractivity contribution < 1.29 is 22.0 Å². The first-order valence-corrected chi connectivity index (χ1v) is 1.03. The topological polar surface area (TPSA) is 43.1 Å². The molecular weight excluding hydrogens is 126 g/mol. The summed E-state index contributed by atoms with van der Waals surface area (Å²) in [5.74, 6) is 0. The Bertz CT molecular complexity index is 62.6. The second-order valence-electron chi connectivity index (χ2n) is 0.468. The van der Waals surface area contributed by atoms with Gasteiger partial charge in [0.2, 0.25) is 6.20 Å². The molecule has 0 fully saturated rings. The van der Waals surface area contributed by atoms with Crippen LogP contribution in [-0.4, -0.2) is 4.92 Å². The first-order valence-electron chi connectivity index (χ1n) is 1.03. The maximum Gasteiger partial charge on any atom is 0.227 e. The molecule has 0 aliphatic heterocycles. The summed E-state index contributed by atoms with van der Waals surface area (Å²) in [4.78, 5) is 8.44. The van der Waals surface area contributed by atoms with E-state index in [0.29, 0.717) is 6.20 Å². The molecule has 4 heteroatoms. The zero-order valence-electron chi connectivity index (χ0n) is 2.90. The minimum atomic E-state index is -0.611. The summed E-state index contributed by atoms with van der Waals surface area (Å²) < 4.78 is 0. The molecule has 36 valence electrons. The van der Waals surface area contributed by atoms with Gasteiger partial charge in [-0.2, -0.15) is 0 Å². The fourth-order valence-electron chi connectivity index (χ4n) is 0. The maximum absolute atomic E-state index is 9.06. The van der Waals surface area contributed by atoms with Crippen molar-refractivity contribution in [2.24, 2.45) is 0 Å². The summed E-state index contributed by atoms with van der Waals surface area (Å²) in [6.45, 7) is 2.86. The summed E-state index contributed by atoms with van der Waals surface area (Å²) >= 11 is 0. The van der Waals surface area contributed by atoms with E-state index in [-0.39, 0.29) is 17.1 Å². The molecule has 0 aliphatic rings. The van der Waals surface area contributed by atoms with Crippen molar-refractivity contribution >= 4 is 0 Å². The van der Waals surface area contributed by atoms with Crippen LogP contribution in [0.2, 0.25) is 0 Å². The van der Waals surface area contributed by atoms with Crippen LogP contribution in [0.5, 0.6) is 0 Å². The quantitative estimate of drug-likeness (QED) is 0.292. The van der Waals surface area contributed by atoms with E-state index in [1.165, 1.54) is 0 Å². The van der Waals surface area contributed by atoms with Crippen LogP contribution in [0.3, 0.4) is 0 Å². The van der Waals surface area contributed by atoms with Crippen molar-refractivity contribution in [3.63, 3.8) is 0 Å². The molecule has 0 N–H and O–H groups in total. The molecular formula is C2H3FeNO2. The van der Waals surface area contributed by atoms with Crippen LogP contribution in [0.15, 0.2) is 12.8 Å². The van der Waals surface area contributed by atoms with Crippen molar-refractivity contribution in [3.8, 4) is 0 Å². The van der Waals surface area contributed by atoms with E-state index in [4.69, 9.17) is 10.1 Å². The van der Waals surface area contributed by atoms with E-state index in [1.807, 2.05) is 0 Å². The van der Waals surface area contributed by atoms with Gasteiger partial charge in [-0.3, -0.25) is 10.1 Å². The van der Waals surface area contributed by atoms with Crippen LogP contribution in [0, 0.1) is 10.1 Å². The fourth-order valence-corrected chi connectivity index (χ4v) is 0. The van der Waals surface area contributed by atoms with E-state index in [9.17, 15) is 0 Å². The smallest absolute Gasteiger partial charge is 0.227 e. The molecule has 0 heterocycles. The van der Waals surface area contributed by atoms with Gasteiger partial charge < -0.3 is 0 Å². The Hall–Kier alpha value is -0.341. The van der Waals surface area contributed by atoms with Crippen LogP contribution in [0.1, 0.15) is 0 Å². The normalized spacial score (nSPS) is 5.33. The zero-order chi connectivity index (χ0) is 4.28. The average Bonchev–Trinajstić information content (AvgIpc) is 1.38. The van der Waals surface area contributed by atoms with Gasteiger partial charge in [0, 0.05) is 17.1 Å². The molecule has 0 aromatic rings. The fraction of sp³-hybridized carbons (Fsp3) is 0. The largest absolute Gasteiger partial charge is 0.259 e. The van der Waals surface area contributed by atoms with Gasteiger partial charge in [-0.05, 0) is 6.58 Å². The van der Waals surface area contributed by atoms with Crippen LogP contribution in [0.4, 0.5) is 0 Å². The molecule has 0 saturated carbocycles. The number of hydrogen-bond acceptors (Lipinski definition) is 2. The minimum absolute atomic E-state index is 0. The first kappa shape index (κ1) is 9.18. The Morgan fingerprint density at radius 3 is 2.00 bits per heavy atom. The molecule has 0 saturated heterocycles. The number of hydrogen-bond donors (Lipinski definition) is 0. The van der Waals surface area contributed by atoms with Gasteiger partial charge in [0.15, 0.2) is 0 Å². The molecule has 0 amide bonds. The molecule has 0 atom stereocenters. The van der Waals surface area contributed by atoms with Gasteiger partial charge in [-0.15, -0.1) is 0 Å². The van der Waals surface area contributed by atoms with E-state index in [1.54, 1.807) is 0 Å². The van der Waals surface area contributed by atoms with Crippen LogP contribution < -0.4 is 0 Å². The molecule has 6 heavy (non-hydrogen) atoms. The Balaban J connectivity index is 0. The molecule has 3 nitrogen and oxygen atoms in total. The summed E-state index contributed by atoms with van der Waals surface area (Å²) in [5.41, 5.74) is 0. The second-order valence-corrected chi connectivity index (χ2v) is 0.468. The van der Waals surface area contributed by atoms with Crippen molar-refractivity contribution in [1.29, 1.82) is 0 Å². The standard InChI is InChI=1S/C2H3NO2.Fe/c1-2-3(4)5;/h2H,1H2;. The number of nitro groups is 1. The average molecular weight is 129 g/mol. The van der Waals surface area contributed by atoms with Gasteiger partial charge in [0.05, 0.1) is 4.92 Å². The molecule has 0 aromatic heterocycles. The predicted molar refractivity (Wildman–Crippen MR) is 17.2 cm³/mol. The van der Waals surface area contributed by atoms with Gasteiger partial charge in [0.25, 0.3) is 0 Å². The third-order valence-corrected chi connectivity index (χ3v) is 0.149. The molecule has 0 rings (SSSR count). The third-order valence-electron chi connectivity index (χ3n) is 0.149. The van der Waals surface area contributed by atoms with Gasteiger partial charge in [0.1, 0.15) is 0 Å². The van der Waals surface area contributed by atoms with Crippen LogP contribution in [-0.2, 0) is 17.1 Å². The Kier molecular flexibility index (Phi) is 7.13. The van der Waals surface area contributed by atoms with Crippen LogP contribution in [0.25, 0.3) is 0 Å². The van der Waals surface area contributed by atoms with E-state index in [2.05, 4.69) is 6.58 Å². The van der Waals surface area contributed by atoms with Gasteiger partial charge in [-0.1, -0.05) is 0 Å². The Morgan fingerprint density at radius 1 is 1.83 bits per heavy atom. The second kappa shape index (κ2) is 4.66. The molecule has 0 spiro atoms. The van der Waals surface area contributed by atoms with Crippen molar-refractivity contribution in [1.82, 2.24) is 0 Å². The van der Waals surface area contributed by atoms with Gasteiger partial charge in [-0.25, -0.2) is 0 Å². The Labute approximate surface area is 45.7 Å². The summed E-state index contributed by atoms with van der Waals surface area (Å²) in [6.07, 6.45) is 0.639. The summed E-state index contributed by atoms with van der Waals surface area (Å²) in [6, 6.07) is 0. The monoisotopic (exact) mass is 129 g/mol.